The Hall–Kier alpha value is -1.10. The molecule has 0 spiro atoms. The van der Waals surface area contributed by atoms with Crippen molar-refractivity contribution in [2.45, 2.75) is 57.0 Å². The van der Waals surface area contributed by atoms with Crippen molar-refractivity contribution < 1.29 is 14.7 Å². The van der Waals surface area contributed by atoms with Gasteiger partial charge in [-0.05, 0) is 52.0 Å². The van der Waals surface area contributed by atoms with E-state index in [9.17, 15) is 9.59 Å². The molecule has 1 atom stereocenters. The third-order valence-corrected chi connectivity index (χ3v) is 4.28. The van der Waals surface area contributed by atoms with Crippen LogP contribution in [0.25, 0.3) is 0 Å². The van der Waals surface area contributed by atoms with E-state index >= 15 is 0 Å². The monoisotopic (exact) mass is 254 g/mol. The third-order valence-electron chi connectivity index (χ3n) is 4.28. The van der Waals surface area contributed by atoms with Crippen LogP contribution < -0.4 is 10.6 Å². The molecule has 1 aliphatic carbocycles. The Kier molecular flexibility index (Phi) is 3.90. The van der Waals surface area contributed by atoms with Crippen LogP contribution in [0.5, 0.6) is 0 Å². The van der Waals surface area contributed by atoms with Gasteiger partial charge in [-0.3, -0.25) is 9.59 Å². The lowest BCUT2D eigenvalue weighted by Crippen LogP contribution is -2.54. The minimum absolute atomic E-state index is 0.0683. The summed E-state index contributed by atoms with van der Waals surface area (Å²) < 4.78 is 0. The average molecular weight is 254 g/mol. The van der Waals surface area contributed by atoms with Crippen LogP contribution in [0.4, 0.5) is 0 Å². The summed E-state index contributed by atoms with van der Waals surface area (Å²) >= 11 is 0. The van der Waals surface area contributed by atoms with Gasteiger partial charge in [-0.25, -0.2) is 0 Å². The van der Waals surface area contributed by atoms with Gasteiger partial charge in [0.15, 0.2) is 0 Å². The Morgan fingerprint density at radius 3 is 2.44 bits per heavy atom. The Labute approximate surface area is 107 Å². The number of carboxylic acids is 1. The molecular weight excluding hydrogens is 232 g/mol. The Morgan fingerprint density at radius 2 is 1.94 bits per heavy atom. The van der Waals surface area contributed by atoms with E-state index in [2.05, 4.69) is 10.6 Å². The van der Waals surface area contributed by atoms with Crippen LogP contribution in [0, 0.1) is 5.92 Å². The van der Waals surface area contributed by atoms with Crippen LogP contribution in [0.15, 0.2) is 0 Å². The van der Waals surface area contributed by atoms with Gasteiger partial charge in [0.05, 0.1) is 11.5 Å². The lowest BCUT2D eigenvalue weighted by Gasteiger charge is -2.31. The van der Waals surface area contributed by atoms with E-state index in [1.54, 1.807) is 0 Å². The number of nitrogens with one attached hydrogen (secondary N) is 2. The lowest BCUT2D eigenvalue weighted by atomic mass is 9.85. The standard InChI is InChI=1S/C13H22N2O3/c1-13(7-2-8-14-13)12(18)15-10-5-3-9(4-6-10)11(16)17/h9-10,14H,2-8H2,1H3,(H,15,18)(H,16,17). The van der Waals surface area contributed by atoms with Crippen LogP contribution in [-0.2, 0) is 9.59 Å². The molecule has 2 aliphatic rings. The maximum Gasteiger partial charge on any atom is 0.306 e. The molecule has 1 saturated carbocycles. The maximum atomic E-state index is 12.2. The van der Waals surface area contributed by atoms with Crippen LogP contribution in [0.1, 0.15) is 45.4 Å². The molecule has 18 heavy (non-hydrogen) atoms. The first-order chi connectivity index (χ1) is 8.51. The number of rotatable bonds is 3. The molecule has 1 heterocycles. The largest absolute Gasteiger partial charge is 0.481 e. The van der Waals surface area contributed by atoms with Gasteiger partial charge >= 0.3 is 5.97 Å². The molecule has 1 saturated heterocycles. The van der Waals surface area contributed by atoms with Gasteiger partial charge in [-0.15, -0.1) is 0 Å². The highest BCUT2D eigenvalue weighted by Gasteiger charge is 2.37. The van der Waals surface area contributed by atoms with Gasteiger partial charge in [0.1, 0.15) is 0 Å². The van der Waals surface area contributed by atoms with E-state index in [1.807, 2.05) is 6.92 Å². The zero-order chi connectivity index (χ0) is 13.2. The molecule has 1 unspecified atom stereocenters. The SMILES string of the molecule is CC1(C(=O)NC2CCC(C(=O)O)CC2)CCCN1. The van der Waals surface area contributed by atoms with Gasteiger partial charge < -0.3 is 15.7 Å². The van der Waals surface area contributed by atoms with Crippen molar-refractivity contribution >= 4 is 11.9 Å². The quantitative estimate of drug-likeness (QED) is 0.699. The summed E-state index contributed by atoms with van der Waals surface area (Å²) in [4.78, 5) is 23.0. The molecule has 1 amide bonds. The fourth-order valence-electron chi connectivity index (χ4n) is 2.92. The normalized spacial score (nSPS) is 36.3. The van der Waals surface area contributed by atoms with Crippen molar-refractivity contribution in [2.24, 2.45) is 5.92 Å². The number of hydrogen-bond acceptors (Lipinski definition) is 3. The molecule has 2 rings (SSSR count). The van der Waals surface area contributed by atoms with Crippen molar-refractivity contribution in [2.75, 3.05) is 6.54 Å². The first-order valence-electron chi connectivity index (χ1n) is 6.80. The van der Waals surface area contributed by atoms with E-state index < -0.39 is 11.5 Å². The predicted octanol–water partition coefficient (Wildman–Crippen LogP) is 0.888. The minimum atomic E-state index is -0.704. The number of carbonyl (C=O) groups excluding carboxylic acids is 1. The molecule has 0 aromatic heterocycles. The summed E-state index contributed by atoms with van der Waals surface area (Å²) in [7, 11) is 0. The molecule has 1 aliphatic heterocycles. The topological polar surface area (TPSA) is 78.4 Å². The van der Waals surface area contributed by atoms with Crippen molar-refractivity contribution in [1.29, 1.82) is 0 Å². The summed E-state index contributed by atoms with van der Waals surface area (Å²) in [5.74, 6) is -0.860. The third kappa shape index (κ3) is 2.83. The number of amides is 1. The van der Waals surface area contributed by atoms with E-state index in [-0.39, 0.29) is 17.9 Å². The second-order valence-corrected chi connectivity index (χ2v) is 5.72. The van der Waals surface area contributed by atoms with E-state index in [0.29, 0.717) is 12.8 Å². The highest BCUT2D eigenvalue weighted by molar-refractivity contribution is 5.86. The smallest absolute Gasteiger partial charge is 0.306 e. The van der Waals surface area contributed by atoms with Gasteiger partial charge in [0, 0.05) is 6.04 Å². The fourth-order valence-corrected chi connectivity index (χ4v) is 2.92. The highest BCUT2D eigenvalue weighted by Crippen LogP contribution is 2.25. The fraction of sp³-hybridized carbons (Fsp3) is 0.846. The average Bonchev–Trinajstić information content (AvgIpc) is 2.78. The van der Waals surface area contributed by atoms with Crippen LogP contribution in [0.2, 0.25) is 0 Å². The number of carboxylic acid groups (broad SMARTS) is 1. The van der Waals surface area contributed by atoms with Crippen molar-refractivity contribution in [1.82, 2.24) is 10.6 Å². The van der Waals surface area contributed by atoms with E-state index in [1.165, 1.54) is 0 Å². The van der Waals surface area contributed by atoms with Crippen LogP contribution in [0.3, 0.4) is 0 Å². The van der Waals surface area contributed by atoms with Crippen LogP contribution >= 0.6 is 0 Å². The molecule has 5 nitrogen and oxygen atoms in total. The second kappa shape index (κ2) is 5.26. The van der Waals surface area contributed by atoms with Gasteiger partial charge in [-0.1, -0.05) is 0 Å². The predicted molar refractivity (Wildman–Crippen MR) is 67.2 cm³/mol. The molecule has 0 radical (unpaired) electrons. The highest BCUT2D eigenvalue weighted by atomic mass is 16.4. The first kappa shape index (κ1) is 13.3. The molecule has 3 N–H and O–H groups in total. The Bertz CT molecular complexity index is 329. The van der Waals surface area contributed by atoms with Gasteiger partial charge in [-0.2, -0.15) is 0 Å². The molecule has 5 heteroatoms. The summed E-state index contributed by atoms with van der Waals surface area (Å²) in [6.07, 6.45) is 4.81. The summed E-state index contributed by atoms with van der Waals surface area (Å²) in [5, 5.41) is 15.2. The van der Waals surface area contributed by atoms with Crippen molar-refractivity contribution in [3.63, 3.8) is 0 Å². The maximum absolute atomic E-state index is 12.2. The molecule has 0 bridgehead atoms. The van der Waals surface area contributed by atoms with E-state index in [0.717, 1.165) is 32.2 Å². The summed E-state index contributed by atoms with van der Waals surface area (Å²) in [6, 6.07) is 0.146. The minimum Gasteiger partial charge on any atom is -0.481 e. The molecule has 2 fully saturated rings. The molecule has 0 aromatic rings. The number of aliphatic carboxylic acids is 1. The molecule has 102 valence electrons. The summed E-state index contributed by atoms with van der Waals surface area (Å²) in [5.41, 5.74) is -0.427. The molecular formula is C13H22N2O3. The van der Waals surface area contributed by atoms with Crippen molar-refractivity contribution in [3.8, 4) is 0 Å². The second-order valence-electron chi connectivity index (χ2n) is 5.72. The first-order valence-corrected chi connectivity index (χ1v) is 6.80. The Balaban J connectivity index is 1.81. The van der Waals surface area contributed by atoms with Crippen LogP contribution in [-0.4, -0.2) is 35.1 Å². The molecule has 0 aromatic carbocycles. The lowest BCUT2D eigenvalue weighted by molar-refractivity contribution is -0.142. The number of carbonyl (C=O) groups is 2. The zero-order valence-electron chi connectivity index (χ0n) is 10.9. The zero-order valence-corrected chi connectivity index (χ0v) is 10.9. The van der Waals surface area contributed by atoms with Crippen molar-refractivity contribution in [3.05, 3.63) is 0 Å². The van der Waals surface area contributed by atoms with Gasteiger partial charge in [0.2, 0.25) is 5.91 Å². The summed E-state index contributed by atoms with van der Waals surface area (Å²) in [6.45, 7) is 2.84. The number of hydrogen-bond donors (Lipinski definition) is 3. The van der Waals surface area contributed by atoms with Gasteiger partial charge in [0.25, 0.3) is 0 Å². The Morgan fingerprint density at radius 1 is 1.28 bits per heavy atom. The van der Waals surface area contributed by atoms with E-state index in [4.69, 9.17) is 5.11 Å².